The van der Waals surface area contributed by atoms with Gasteiger partial charge in [-0.25, -0.2) is 0 Å². The molecule has 3 atom stereocenters. The van der Waals surface area contributed by atoms with Crippen molar-refractivity contribution in [1.29, 1.82) is 0 Å². The molecule has 1 unspecified atom stereocenters. The molecule has 1 aliphatic heterocycles. The van der Waals surface area contributed by atoms with Gasteiger partial charge in [0.05, 0.1) is 28.9 Å². The summed E-state index contributed by atoms with van der Waals surface area (Å²) >= 11 is 1.63. The van der Waals surface area contributed by atoms with Crippen molar-refractivity contribution in [2.75, 3.05) is 17.0 Å². The molecule has 6 nitrogen and oxygen atoms in total. The number of aromatic nitrogens is 1. The molecule has 1 aliphatic rings. The summed E-state index contributed by atoms with van der Waals surface area (Å²) in [6.45, 7) is 2.31. The molecule has 0 aliphatic carbocycles. The van der Waals surface area contributed by atoms with Gasteiger partial charge >= 0.3 is 6.18 Å². The van der Waals surface area contributed by atoms with E-state index < -0.39 is 23.9 Å². The van der Waals surface area contributed by atoms with Crippen LogP contribution in [0.1, 0.15) is 51.3 Å². The molecule has 250 valence electrons. The molecule has 6 rings (SSSR count). The van der Waals surface area contributed by atoms with Crippen LogP contribution in [-0.4, -0.2) is 40.0 Å². The molecule has 4 N–H and O–H groups in total. The van der Waals surface area contributed by atoms with Crippen LogP contribution in [0.5, 0.6) is 0 Å². The lowest BCUT2D eigenvalue weighted by molar-refractivity contribution is -0.137. The van der Waals surface area contributed by atoms with Gasteiger partial charge in [-0.3, -0.25) is 4.79 Å². The van der Waals surface area contributed by atoms with E-state index in [1.54, 1.807) is 18.0 Å². The maximum Gasteiger partial charge on any atom is 0.416 e. The second-order valence-corrected chi connectivity index (χ2v) is 13.0. The first kappa shape index (κ1) is 33.6. The number of halogens is 3. The number of amides is 1. The number of carbonyl (C=O) groups is 1. The average Bonchev–Trinajstić information content (AvgIpc) is 3.40. The molecular formula is C38H39F3N4O2S. The van der Waals surface area contributed by atoms with E-state index in [1.807, 2.05) is 54.6 Å². The zero-order valence-electron chi connectivity index (χ0n) is 26.6. The summed E-state index contributed by atoms with van der Waals surface area (Å²) in [6.07, 6.45) is -3.53. The number of nitrogens with one attached hydrogen (secondary N) is 3. The molecule has 0 spiro atoms. The van der Waals surface area contributed by atoms with Crippen molar-refractivity contribution < 1.29 is 23.1 Å². The number of nitrogens with zero attached hydrogens (tertiary/aromatic N) is 1. The number of hydrogen-bond acceptors (Lipinski definition) is 5. The highest BCUT2D eigenvalue weighted by molar-refractivity contribution is 8.00. The van der Waals surface area contributed by atoms with E-state index in [-0.39, 0.29) is 25.0 Å². The lowest BCUT2D eigenvalue weighted by atomic mass is 10.0. The zero-order valence-corrected chi connectivity index (χ0v) is 27.5. The van der Waals surface area contributed by atoms with Gasteiger partial charge in [0.15, 0.2) is 0 Å². The SMILES string of the molecule is CCc1ccc2c3c1cc(C(=O)N[C@@H](Cc1ccccc1)[C@H](O)CNCc1cccc(C(F)(F)F)c1)n3C(Cc1ccccc1)CSN2. The summed E-state index contributed by atoms with van der Waals surface area (Å²) in [5.41, 5.74) is 5.48. The molecule has 0 fully saturated rings. The van der Waals surface area contributed by atoms with E-state index >= 15 is 0 Å². The van der Waals surface area contributed by atoms with Crippen molar-refractivity contribution in [2.24, 2.45) is 0 Å². The van der Waals surface area contributed by atoms with Gasteiger partial charge in [-0.05, 0) is 59.7 Å². The van der Waals surface area contributed by atoms with Crippen molar-refractivity contribution >= 4 is 34.4 Å². The number of anilines is 1. The van der Waals surface area contributed by atoms with Crippen LogP contribution in [0.25, 0.3) is 10.9 Å². The summed E-state index contributed by atoms with van der Waals surface area (Å²) in [6, 6.07) is 30.5. The summed E-state index contributed by atoms with van der Waals surface area (Å²) < 4.78 is 45.4. The Bertz CT molecular complexity index is 1850. The van der Waals surface area contributed by atoms with Crippen LogP contribution in [0.3, 0.4) is 0 Å². The average molecular weight is 673 g/mol. The Morgan fingerprint density at radius 3 is 2.38 bits per heavy atom. The van der Waals surface area contributed by atoms with Crippen molar-refractivity contribution in [3.8, 4) is 0 Å². The molecule has 1 amide bonds. The maximum absolute atomic E-state index is 14.4. The first-order chi connectivity index (χ1) is 23.2. The topological polar surface area (TPSA) is 78.3 Å². The summed E-state index contributed by atoms with van der Waals surface area (Å²) in [5.74, 6) is 0.451. The molecular weight excluding hydrogens is 634 g/mol. The second-order valence-electron chi connectivity index (χ2n) is 12.2. The van der Waals surface area contributed by atoms with Crippen LogP contribution in [-0.2, 0) is 32.0 Å². The second kappa shape index (κ2) is 14.9. The van der Waals surface area contributed by atoms with Gasteiger partial charge in [-0.15, -0.1) is 0 Å². The van der Waals surface area contributed by atoms with Gasteiger partial charge in [-0.2, -0.15) is 13.2 Å². The Morgan fingerprint density at radius 2 is 1.67 bits per heavy atom. The van der Waals surface area contributed by atoms with Crippen LogP contribution in [0.4, 0.5) is 18.9 Å². The monoisotopic (exact) mass is 672 g/mol. The lowest BCUT2D eigenvalue weighted by Gasteiger charge is -2.26. The minimum atomic E-state index is -4.43. The van der Waals surface area contributed by atoms with E-state index in [1.165, 1.54) is 11.6 Å². The van der Waals surface area contributed by atoms with E-state index in [4.69, 9.17) is 0 Å². The van der Waals surface area contributed by atoms with Gasteiger partial charge in [0.25, 0.3) is 5.91 Å². The zero-order chi connectivity index (χ0) is 33.7. The van der Waals surface area contributed by atoms with Crippen LogP contribution >= 0.6 is 11.9 Å². The quantitative estimate of drug-likeness (QED) is 0.103. The molecule has 0 saturated carbocycles. The van der Waals surface area contributed by atoms with Crippen LogP contribution in [0.2, 0.25) is 0 Å². The normalized spacial score (nSPS) is 15.8. The molecule has 2 heterocycles. The Kier molecular flexibility index (Phi) is 10.4. The van der Waals surface area contributed by atoms with Crippen LogP contribution in [0.15, 0.2) is 103 Å². The van der Waals surface area contributed by atoms with Crippen molar-refractivity contribution in [2.45, 2.75) is 57.1 Å². The first-order valence-corrected chi connectivity index (χ1v) is 17.2. The fraction of sp³-hybridized carbons (Fsp3) is 0.289. The lowest BCUT2D eigenvalue weighted by Crippen LogP contribution is -2.49. The summed E-state index contributed by atoms with van der Waals surface area (Å²) in [7, 11) is 0. The number of hydrogen-bond donors (Lipinski definition) is 4. The number of carbonyl (C=O) groups excluding carboxylic acids is 1. The molecule has 4 aromatic carbocycles. The number of aryl methyl sites for hydroxylation is 1. The van der Waals surface area contributed by atoms with Gasteiger partial charge < -0.3 is 25.0 Å². The highest BCUT2D eigenvalue weighted by Crippen LogP contribution is 2.39. The summed E-state index contributed by atoms with van der Waals surface area (Å²) in [4.78, 5) is 14.4. The van der Waals surface area contributed by atoms with Crippen LogP contribution in [0, 0.1) is 0 Å². The number of rotatable bonds is 12. The Hall–Kier alpha value is -4.25. The number of aliphatic hydroxyl groups is 1. The molecule has 5 aromatic rings. The molecule has 0 saturated heterocycles. The van der Waals surface area contributed by atoms with Gasteiger partial charge in [-0.1, -0.05) is 104 Å². The van der Waals surface area contributed by atoms with Crippen molar-refractivity contribution in [1.82, 2.24) is 15.2 Å². The molecule has 10 heteroatoms. The van der Waals surface area contributed by atoms with Crippen LogP contribution < -0.4 is 15.4 Å². The molecule has 0 radical (unpaired) electrons. The fourth-order valence-corrected chi connectivity index (χ4v) is 7.29. The molecule has 48 heavy (non-hydrogen) atoms. The predicted molar refractivity (Wildman–Crippen MR) is 187 cm³/mol. The summed E-state index contributed by atoms with van der Waals surface area (Å²) in [5, 5.41) is 18.7. The Labute approximate surface area is 282 Å². The number of alkyl halides is 3. The van der Waals surface area contributed by atoms with Gasteiger partial charge in [0.2, 0.25) is 0 Å². The van der Waals surface area contributed by atoms with Crippen molar-refractivity contribution in [3.05, 3.63) is 137 Å². The van der Waals surface area contributed by atoms with E-state index in [0.29, 0.717) is 17.7 Å². The number of benzene rings is 4. The third kappa shape index (κ3) is 7.72. The fourth-order valence-electron chi connectivity index (χ4n) is 6.43. The predicted octanol–water partition coefficient (Wildman–Crippen LogP) is 7.57. The highest BCUT2D eigenvalue weighted by atomic mass is 32.2. The minimum Gasteiger partial charge on any atom is -0.390 e. The van der Waals surface area contributed by atoms with E-state index in [9.17, 15) is 23.1 Å². The van der Waals surface area contributed by atoms with Gasteiger partial charge in [0, 0.05) is 30.3 Å². The van der Waals surface area contributed by atoms with Crippen molar-refractivity contribution in [3.63, 3.8) is 0 Å². The smallest absolute Gasteiger partial charge is 0.390 e. The minimum absolute atomic E-state index is 0.0110. The molecule has 0 bridgehead atoms. The highest BCUT2D eigenvalue weighted by Gasteiger charge is 2.31. The largest absolute Gasteiger partial charge is 0.416 e. The third-order valence-electron chi connectivity index (χ3n) is 8.86. The number of aliphatic hydroxyl groups excluding tert-OH is 1. The van der Waals surface area contributed by atoms with E-state index in [2.05, 4.69) is 51.1 Å². The third-order valence-corrected chi connectivity index (χ3v) is 9.77. The standard InChI is InChI=1S/C38H39F3N4O2S/c1-2-28-16-17-32-36-31(28)21-34(45(36)30(24-48-44-32)19-25-10-5-3-6-11-25)37(47)43-33(20-26-12-7-4-8-13-26)35(46)23-42-22-27-14-9-15-29(18-27)38(39,40)41/h3-18,21,30,33,35,42,44,46H,2,19-20,22-24H2,1H3,(H,43,47)/t30?,33-,35+/m0/s1. The van der Waals surface area contributed by atoms with Gasteiger partial charge in [0.1, 0.15) is 5.69 Å². The first-order valence-electron chi connectivity index (χ1n) is 16.2. The molecule has 1 aromatic heterocycles. The Balaban J connectivity index is 1.28. The Morgan fingerprint density at radius 1 is 0.958 bits per heavy atom. The maximum atomic E-state index is 14.4. The van der Waals surface area contributed by atoms with E-state index in [0.717, 1.165) is 58.4 Å².